The summed E-state index contributed by atoms with van der Waals surface area (Å²) in [4.78, 5) is 18.1. The topological polar surface area (TPSA) is 71.9 Å². The monoisotopic (exact) mass is 280 g/mol. The quantitative estimate of drug-likeness (QED) is 0.896. The number of nitrogens with zero attached hydrogens (tertiary/aromatic N) is 2. The summed E-state index contributed by atoms with van der Waals surface area (Å²) in [5, 5.41) is 9.75. The van der Waals surface area contributed by atoms with Gasteiger partial charge < -0.3 is 19.5 Å². The van der Waals surface area contributed by atoms with Crippen molar-refractivity contribution >= 4 is 5.91 Å². The van der Waals surface area contributed by atoms with Crippen LogP contribution in [0.2, 0.25) is 0 Å². The van der Waals surface area contributed by atoms with Crippen LogP contribution >= 0.6 is 0 Å². The highest BCUT2D eigenvalue weighted by atomic mass is 16.5. The first-order valence-corrected chi connectivity index (χ1v) is 6.53. The fourth-order valence-electron chi connectivity index (χ4n) is 2.43. The fraction of sp³-hybridized carbons (Fsp3) is 0.571. The van der Waals surface area contributed by atoms with Gasteiger partial charge >= 0.3 is 0 Å². The summed E-state index contributed by atoms with van der Waals surface area (Å²) in [6, 6.07) is 3.04. The van der Waals surface area contributed by atoms with Crippen LogP contribution in [0.1, 0.15) is 24.3 Å². The van der Waals surface area contributed by atoms with Crippen molar-refractivity contribution in [2.45, 2.75) is 25.6 Å². The molecule has 0 aromatic carbocycles. The van der Waals surface area contributed by atoms with E-state index in [4.69, 9.17) is 9.47 Å². The first-order valence-electron chi connectivity index (χ1n) is 6.53. The van der Waals surface area contributed by atoms with Crippen LogP contribution in [-0.2, 0) is 9.47 Å². The van der Waals surface area contributed by atoms with Crippen molar-refractivity contribution in [1.29, 1.82) is 0 Å². The summed E-state index contributed by atoms with van der Waals surface area (Å²) in [5.74, 6) is -0.398. The molecule has 1 N–H and O–H groups in total. The van der Waals surface area contributed by atoms with Crippen LogP contribution < -0.4 is 0 Å². The molecule has 2 rings (SSSR count). The van der Waals surface area contributed by atoms with E-state index in [9.17, 15) is 9.90 Å². The molecule has 1 atom stereocenters. The molecule has 6 heteroatoms. The van der Waals surface area contributed by atoms with Crippen LogP contribution in [0.3, 0.4) is 0 Å². The van der Waals surface area contributed by atoms with Gasteiger partial charge in [-0.3, -0.25) is 4.79 Å². The molecule has 1 aromatic heterocycles. The Morgan fingerprint density at radius 2 is 2.40 bits per heavy atom. The summed E-state index contributed by atoms with van der Waals surface area (Å²) >= 11 is 0. The third-order valence-corrected chi connectivity index (χ3v) is 3.11. The number of methoxy groups -OCH3 is 1. The van der Waals surface area contributed by atoms with E-state index in [2.05, 4.69) is 4.98 Å². The maximum Gasteiger partial charge on any atom is 0.276 e. The minimum atomic E-state index is -0.457. The molecule has 110 valence electrons. The first kappa shape index (κ1) is 14.7. The molecule has 6 nitrogen and oxygen atoms in total. The van der Waals surface area contributed by atoms with E-state index in [-0.39, 0.29) is 23.5 Å². The number of amides is 1. The highest BCUT2D eigenvalue weighted by Gasteiger charge is 2.36. The Morgan fingerprint density at radius 1 is 1.65 bits per heavy atom. The lowest BCUT2D eigenvalue weighted by Crippen LogP contribution is -2.55. The van der Waals surface area contributed by atoms with Crippen LogP contribution in [0.5, 0.6) is 5.75 Å². The molecule has 2 heterocycles. The van der Waals surface area contributed by atoms with E-state index < -0.39 is 5.60 Å². The number of aromatic nitrogens is 1. The van der Waals surface area contributed by atoms with Crippen molar-refractivity contribution in [3.8, 4) is 5.75 Å². The van der Waals surface area contributed by atoms with Gasteiger partial charge in [0.05, 0.1) is 18.3 Å². The number of aromatic hydroxyl groups is 1. The third kappa shape index (κ3) is 3.26. The Bertz CT molecular complexity index is 490. The van der Waals surface area contributed by atoms with Gasteiger partial charge in [-0.2, -0.15) is 0 Å². The maximum atomic E-state index is 12.5. The van der Waals surface area contributed by atoms with E-state index in [1.165, 1.54) is 12.3 Å². The van der Waals surface area contributed by atoms with Crippen molar-refractivity contribution in [1.82, 2.24) is 9.88 Å². The standard InChI is InChI=1S/C14H20N2O4/c1-14(2)9-16(7-10(20-14)8-19-3)13(18)12-11(17)5-4-6-15-12/h4-6,10,17H,7-9H2,1-3H3/t10-/m0/s1. The zero-order chi connectivity index (χ0) is 14.8. The highest BCUT2D eigenvalue weighted by Crippen LogP contribution is 2.24. The van der Waals surface area contributed by atoms with Gasteiger partial charge in [-0.1, -0.05) is 0 Å². The molecule has 0 spiro atoms. The van der Waals surface area contributed by atoms with Crippen LogP contribution in [0.4, 0.5) is 0 Å². The van der Waals surface area contributed by atoms with Gasteiger partial charge in [-0.05, 0) is 26.0 Å². The average Bonchev–Trinajstić information content (AvgIpc) is 2.37. The summed E-state index contributed by atoms with van der Waals surface area (Å²) in [5.41, 5.74) is -0.386. The second-order valence-corrected chi connectivity index (χ2v) is 5.51. The molecule has 1 fully saturated rings. The largest absolute Gasteiger partial charge is 0.505 e. The number of pyridine rings is 1. The number of carbonyl (C=O) groups excluding carboxylic acids is 1. The molecule has 0 saturated carbocycles. The smallest absolute Gasteiger partial charge is 0.276 e. The molecule has 0 bridgehead atoms. The van der Waals surface area contributed by atoms with E-state index in [1.807, 2.05) is 13.8 Å². The molecule has 1 saturated heterocycles. The third-order valence-electron chi connectivity index (χ3n) is 3.11. The number of hydrogen-bond donors (Lipinski definition) is 1. The van der Waals surface area contributed by atoms with Crippen molar-refractivity contribution in [3.63, 3.8) is 0 Å². The molecule has 1 amide bonds. The predicted octanol–water partition coefficient (Wildman–Crippen LogP) is 1.05. The van der Waals surface area contributed by atoms with Gasteiger partial charge in [-0.15, -0.1) is 0 Å². The predicted molar refractivity (Wildman–Crippen MR) is 72.6 cm³/mol. The summed E-state index contributed by atoms with van der Waals surface area (Å²) < 4.78 is 11.0. The Balaban J connectivity index is 2.18. The lowest BCUT2D eigenvalue weighted by atomic mass is 10.0. The fourth-order valence-corrected chi connectivity index (χ4v) is 2.43. The molecule has 20 heavy (non-hydrogen) atoms. The van der Waals surface area contributed by atoms with Crippen molar-refractivity contribution in [2.75, 3.05) is 26.8 Å². The molecule has 1 aliphatic rings. The van der Waals surface area contributed by atoms with Crippen molar-refractivity contribution in [2.24, 2.45) is 0 Å². The molecule has 0 aliphatic carbocycles. The minimum absolute atomic E-state index is 0.0707. The molecule has 1 aliphatic heterocycles. The van der Waals surface area contributed by atoms with Crippen LogP contribution in [0.25, 0.3) is 0 Å². The van der Waals surface area contributed by atoms with E-state index in [1.54, 1.807) is 18.1 Å². The summed E-state index contributed by atoms with van der Waals surface area (Å²) in [7, 11) is 1.60. The molecule has 1 aromatic rings. The van der Waals surface area contributed by atoms with Gasteiger partial charge in [0.1, 0.15) is 5.75 Å². The summed E-state index contributed by atoms with van der Waals surface area (Å²) in [6.07, 6.45) is 1.31. The molecular weight excluding hydrogens is 260 g/mol. The zero-order valence-electron chi connectivity index (χ0n) is 12.0. The average molecular weight is 280 g/mol. The lowest BCUT2D eigenvalue weighted by Gasteiger charge is -2.42. The molecular formula is C14H20N2O4. The summed E-state index contributed by atoms with van der Waals surface area (Å²) in [6.45, 7) is 5.14. The lowest BCUT2D eigenvalue weighted by molar-refractivity contribution is -0.143. The highest BCUT2D eigenvalue weighted by molar-refractivity contribution is 5.94. The number of carbonyl (C=O) groups is 1. The number of ether oxygens (including phenoxy) is 2. The first-order chi connectivity index (χ1) is 9.43. The van der Waals surface area contributed by atoms with Crippen molar-refractivity contribution in [3.05, 3.63) is 24.0 Å². The van der Waals surface area contributed by atoms with E-state index in [0.717, 1.165) is 0 Å². The Hall–Kier alpha value is -1.66. The van der Waals surface area contributed by atoms with Gasteiger partial charge in [-0.25, -0.2) is 4.98 Å². The zero-order valence-corrected chi connectivity index (χ0v) is 12.0. The van der Waals surface area contributed by atoms with Crippen molar-refractivity contribution < 1.29 is 19.4 Å². The molecule has 0 radical (unpaired) electrons. The Morgan fingerprint density at radius 3 is 3.05 bits per heavy atom. The second kappa shape index (κ2) is 5.76. The van der Waals surface area contributed by atoms with Gasteiger partial charge in [0.2, 0.25) is 0 Å². The number of hydrogen-bond acceptors (Lipinski definition) is 5. The second-order valence-electron chi connectivity index (χ2n) is 5.51. The maximum absolute atomic E-state index is 12.5. The Labute approximate surface area is 118 Å². The van der Waals surface area contributed by atoms with Gasteiger partial charge in [0, 0.05) is 26.4 Å². The van der Waals surface area contributed by atoms with Crippen LogP contribution in [0, 0.1) is 0 Å². The SMILES string of the molecule is COC[C@@H]1CN(C(=O)c2ncccc2O)CC(C)(C)O1. The minimum Gasteiger partial charge on any atom is -0.505 e. The van der Waals surface area contributed by atoms with E-state index >= 15 is 0 Å². The Kier molecular flexibility index (Phi) is 4.25. The van der Waals surface area contributed by atoms with Gasteiger partial charge in [0.25, 0.3) is 5.91 Å². The van der Waals surface area contributed by atoms with E-state index in [0.29, 0.717) is 19.7 Å². The van der Waals surface area contributed by atoms with Crippen LogP contribution in [0.15, 0.2) is 18.3 Å². The number of morpholine rings is 1. The van der Waals surface area contributed by atoms with Gasteiger partial charge in [0.15, 0.2) is 5.69 Å². The molecule has 0 unspecified atom stereocenters. The number of rotatable bonds is 3. The normalized spacial score (nSPS) is 21.8. The van der Waals surface area contributed by atoms with Crippen LogP contribution in [-0.4, -0.2) is 59.4 Å².